The molecule has 2 atom stereocenters. The smallest absolute Gasteiger partial charge is 0.226 e. The summed E-state index contributed by atoms with van der Waals surface area (Å²) in [4.78, 5) is 4.44. The number of methoxy groups -OCH3 is 1. The van der Waals surface area contributed by atoms with Crippen molar-refractivity contribution >= 4 is 0 Å². The Labute approximate surface area is 102 Å². The Hall–Kier alpha value is -0.940. The van der Waals surface area contributed by atoms with Crippen molar-refractivity contribution in [1.29, 1.82) is 0 Å². The minimum absolute atomic E-state index is 0.234. The summed E-state index contributed by atoms with van der Waals surface area (Å²) in [6, 6.07) is 0.279. The molecule has 1 fully saturated rings. The molecule has 0 aliphatic carbocycles. The van der Waals surface area contributed by atoms with E-state index in [1.807, 2.05) is 6.92 Å². The van der Waals surface area contributed by atoms with Crippen LogP contribution in [0.4, 0.5) is 0 Å². The second-order valence-corrected chi connectivity index (χ2v) is 4.63. The maximum Gasteiger partial charge on any atom is 0.226 e. The number of nitrogens with one attached hydrogen (secondary N) is 1. The molecule has 1 saturated heterocycles. The highest BCUT2D eigenvalue weighted by Crippen LogP contribution is 2.20. The molecule has 1 aromatic heterocycles. The van der Waals surface area contributed by atoms with E-state index in [0.29, 0.717) is 0 Å². The number of rotatable bonds is 5. The highest BCUT2D eigenvalue weighted by atomic mass is 16.5. The highest BCUT2D eigenvalue weighted by molar-refractivity contribution is 4.95. The molecule has 2 heterocycles. The number of hydrogen-bond donors (Lipinski definition) is 1. The maximum atomic E-state index is 5.26. The van der Waals surface area contributed by atoms with Gasteiger partial charge in [0.25, 0.3) is 0 Å². The van der Waals surface area contributed by atoms with Crippen molar-refractivity contribution in [2.24, 2.45) is 0 Å². The Balaban J connectivity index is 1.86. The monoisotopic (exact) mass is 239 g/mol. The summed E-state index contributed by atoms with van der Waals surface area (Å²) in [5, 5.41) is 7.47. The number of aromatic nitrogens is 2. The van der Waals surface area contributed by atoms with Crippen LogP contribution < -0.4 is 5.32 Å². The molecule has 0 amide bonds. The summed E-state index contributed by atoms with van der Waals surface area (Å²) < 4.78 is 10.4. The predicted octanol–water partition coefficient (Wildman–Crippen LogP) is 1.85. The van der Waals surface area contributed by atoms with Crippen LogP contribution in [0.2, 0.25) is 0 Å². The van der Waals surface area contributed by atoms with Crippen LogP contribution >= 0.6 is 0 Å². The van der Waals surface area contributed by atoms with Gasteiger partial charge in [-0.25, -0.2) is 0 Å². The third-order valence-electron chi connectivity index (χ3n) is 3.27. The van der Waals surface area contributed by atoms with Crippen LogP contribution in [-0.2, 0) is 11.2 Å². The molecule has 2 rings (SSSR count). The number of piperidine rings is 1. The summed E-state index contributed by atoms with van der Waals surface area (Å²) in [5.41, 5.74) is 0. The zero-order valence-corrected chi connectivity index (χ0v) is 10.6. The van der Waals surface area contributed by atoms with Crippen molar-refractivity contribution in [1.82, 2.24) is 15.5 Å². The summed E-state index contributed by atoms with van der Waals surface area (Å²) >= 11 is 0. The molecule has 1 aliphatic rings. The third kappa shape index (κ3) is 3.51. The van der Waals surface area contributed by atoms with E-state index in [2.05, 4.69) is 15.5 Å². The van der Waals surface area contributed by atoms with E-state index in [0.717, 1.165) is 37.5 Å². The first-order chi connectivity index (χ1) is 8.29. The van der Waals surface area contributed by atoms with Crippen LogP contribution in [0.3, 0.4) is 0 Å². The van der Waals surface area contributed by atoms with Gasteiger partial charge < -0.3 is 14.6 Å². The summed E-state index contributed by atoms with van der Waals surface area (Å²) in [6.45, 7) is 3.09. The molecule has 1 aliphatic heterocycles. The normalized spacial score (nSPS) is 22.6. The number of ether oxygens (including phenoxy) is 1. The molecule has 96 valence electrons. The Morgan fingerprint density at radius 2 is 2.41 bits per heavy atom. The zero-order chi connectivity index (χ0) is 12.1. The maximum absolute atomic E-state index is 5.26. The van der Waals surface area contributed by atoms with E-state index in [-0.39, 0.29) is 12.1 Å². The summed E-state index contributed by atoms with van der Waals surface area (Å²) in [7, 11) is 1.72. The molecule has 5 heteroatoms. The zero-order valence-electron chi connectivity index (χ0n) is 10.6. The van der Waals surface area contributed by atoms with Crippen LogP contribution in [0.1, 0.15) is 50.4 Å². The Kier molecular flexibility index (Phi) is 4.50. The van der Waals surface area contributed by atoms with Gasteiger partial charge in [-0.3, -0.25) is 0 Å². The fourth-order valence-electron chi connectivity index (χ4n) is 2.03. The van der Waals surface area contributed by atoms with Gasteiger partial charge in [-0.1, -0.05) is 11.6 Å². The van der Waals surface area contributed by atoms with Gasteiger partial charge in [0.05, 0.1) is 12.1 Å². The van der Waals surface area contributed by atoms with E-state index in [4.69, 9.17) is 9.26 Å². The predicted molar refractivity (Wildman–Crippen MR) is 63.7 cm³/mol. The Morgan fingerprint density at radius 3 is 3.12 bits per heavy atom. The van der Waals surface area contributed by atoms with Crippen LogP contribution in [0.15, 0.2) is 4.52 Å². The van der Waals surface area contributed by atoms with Gasteiger partial charge in [-0.2, -0.15) is 4.98 Å². The Morgan fingerprint density at radius 1 is 1.53 bits per heavy atom. The quantitative estimate of drug-likeness (QED) is 0.849. The van der Waals surface area contributed by atoms with Gasteiger partial charge in [-0.05, 0) is 32.7 Å². The lowest BCUT2D eigenvalue weighted by molar-refractivity contribution is 0.109. The van der Waals surface area contributed by atoms with Crippen molar-refractivity contribution in [3.63, 3.8) is 0 Å². The van der Waals surface area contributed by atoms with E-state index < -0.39 is 0 Å². The molecule has 17 heavy (non-hydrogen) atoms. The standard InChI is InChI=1S/C12H21N3O2/c1-9(16-2)6-7-11-14-12(15-17-11)10-5-3-4-8-13-10/h9-10,13H,3-8H2,1-2H3. The SMILES string of the molecule is COC(C)CCc1nc(C2CCCCN2)no1. The van der Waals surface area contributed by atoms with Crippen molar-refractivity contribution in [2.75, 3.05) is 13.7 Å². The molecule has 0 spiro atoms. The van der Waals surface area contributed by atoms with Gasteiger partial charge in [0.15, 0.2) is 5.82 Å². The van der Waals surface area contributed by atoms with Gasteiger partial charge >= 0.3 is 0 Å². The molecule has 1 N–H and O–H groups in total. The molecule has 0 aromatic carbocycles. The fraction of sp³-hybridized carbons (Fsp3) is 0.833. The summed E-state index contributed by atoms with van der Waals surface area (Å²) in [5.74, 6) is 1.53. The van der Waals surface area contributed by atoms with Crippen LogP contribution in [0.25, 0.3) is 0 Å². The molecule has 5 nitrogen and oxygen atoms in total. The number of nitrogens with zero attached hydrogens (tertiary/aromatic N) is 2. The number of aryl methyl sites for hydroxylation is 1. The van der Waals surface area contributed by atoms with Gasteiger partial charge in [0.1, 0.15) is 0 Å². The topological polar surface area (TPSA) is 60.2 Å². The highest BCUT2D eigenvalue weighted by Gasteiger charge is 2.20. The van der Waals surface area contributed by atoms with E-state index >= 15 is 0 Å². The second-order valence-electron chi connectivity index (χ2n) is 4.63. The lowest BCUT2D eigenvalue weighted by Gasteiger charge is -2.19. The molecular weight excluding hydrogens is 218 g/mol. The lowest BCUT2D eigenvalue weighted by atomic mass is 10.0. The van der Waals surface area contributed by atoms with Crippen molar-refractivity contribution < 1.29 is 9.26 Å². The van der Waals surface area contributed by atoms with Gasteiger partial charge in [-0.15, -0.1) is 0 Å². The second kappa shape index (κ2) is 6.12. The fourth-order valence-corrected chi connectivity index (χ4v) is 2.03. The third-order valence-corrected chi connectivity index (χ3v) is 3.27. The average molecular weight is 239 g/mol. The molecule has 2 unspecified atom stereocenters. The molecule has 0 radical (unpaired) electrons. The molecule has 0 saturated carbocycles. The summed E-state index contributed by atoms with van der Waals surface area (Å²) in [6.07, 6.45) is 5.52. The lowest BCUT2D eigenvalue weighted by Crippen LogP contribution is -2.27. The first-order valence-corrected chi connectivity index (χ1v) is 6.38. The van der Waals surface area contributed by atoms with Gasteiger partial charge in [0, 0.05) is 13.5 Å². The first kappa shape index (κ1) is 12.5. The molecular formula is C12H21N3O2. The van der Waals surface area contributed by atoms with E-state index in [1.54, 1.807) is 7.11 Å². The Bertz CT molecular complexity index is 334. The average Bonchev–Trinajstić information content (AvgIpc) is 2.86. The minimum Gasteiger partial charge on any atom is -0.382 e. The minimum atomic E-state index is 0.234. The van der Waals surface area contributed by atoms with Crippen molar-refractivity contribution in [2.45, 2.75) is 51.2 Å². The van der Waals surface area contributed by atoms with Crippen LogP contribution in [0.5, 0.6) is 0 Å². The number of hydrogen-bond acceptors (Lipinski definition) is 5. The van der Waals surface area contributed by atoms with E-state index in [9.17, 15) is 0 Å². The van der Waals surface area contributed by atoms with Crippen LogP contribution in [-0.4, -0.2) is 29.9 Å². The molecule has 0 bridgehead atoms. The molecule has 1 aromatic rings. The van der Waals surface area contributed by atoms with Gasteiger partial charge in [0.2, 0.25) is 5.89 Å². The van der Waals surface area contributed by atoms with Crippen molar-refractivity contribution in [3.8, 4) is 0 Å². The van der Waals surface area contributed by atoms with Crippen LogP contribution in [0, 0.1) is 0 Å². The van der Waals surface area contributed by atoms with E-state index in [1.165, 1.54) is 12.8 Å². The largest absolute Gasteiger partial charge is 0.382 e. The van der Waals surface area contributed by atoms with Crippen molar-refractivity contribution in [3.05, 3.63) is 11.7 Å². The first-order valence-electron chi connectivity index (χ1n) is 6.38.